The maximum absolute atomic E-state index is 13.1. The first kappa shape index (κ1) is 21.6. The second-order valence-corrected chi connectivity index (χ2v) is 8.72. The summed E-state index contributed by atoms with van der Waals surface area (Å²) in [4.78, 5) is 33.5. The molecule has 1 aromatic carbocycles. The SMILES string of the molecule is CC(C)c1csc(CCc2ccn3c(=O)c(/C=C/C(=O)[O-])c(-c4ccccc4)nc3c2)n1. The lowest BCUT2D eigenvalue weighted by molar-refractivity contribution is -0.297. The number of aromatic nitrogens is 3. The Morgan fingerprint density at radius 1 is 1.16 bits per heavy atom. The van der Waals surface area contributed by atoms with Crippen molar-refractivity contribution in [3.8, 4) is 11.3 Å². The average molecular weight is 445 g/mol. The fraction of sp³-hybridized carbons (Fsp3) is 0.200. The highest BCUT2D eigenvalue weighted by molar-refractivity contribution is 7.09. The van der Waals surface area contributed by atoms with E-state index in [1.807, 2.05) is 42.5 Å². The first-order valence-electron chi connectivity index (χ1n) is 10.4. The van der Waals surface area contributed by atoms with E-state index < -0.39 is 5.97 Å². The summed E-state index contributed by atoms with van der Waals surface area (Å²) in [7, 11) is 0. The summed E-state index contributed by atoms with van der Waals surface area (Å²) in [6, 6.07) is 13.0. The van der Waals surface area contributed by atoms with Gasteiger partial charge in [-0.3, -0.25) is 9.20 Å². The molecule has 0 fully saturated rings. The van der Waals surface area contributed by atoms with Crippen molar-refractivity contribution in [1.82, 2.24) is 14.4 Å². The number of thiazole rings is 1. The van der Waals surface area contributed by atoms with E-state index in [-0.39, 0.29) is 11.1 Å². The second kappa shape index (κ2) is 9.28. The van der Waals surface area contributed by atoms with Gasteiger partial charge >= 0.3 is 0 Å². The Labute approximate surface area is 189 Å². The summed E-state index contributed by atoms with van der Waals surface area (Å²) >= 11 is 1.67. The Morgan fingerprint density at radius 3 is 2.62 bits per heavy atom. The van der Waals surface area contributed by atoms with Gasteiger partial charge in [0.2, 0.25) is 0 Å². The number of carboxylic acid groups (broad SMARTS) is 1. The molecule has 32 heavy (non-hydrogen) atoms. The smallest absolute Gasteiger partial charge is 0.265 e. The molecule has 6 nitrogen and oxygen atoms in total. The maximum Gasteiger partial charge on any atom is 0.265 e. The van der Waals surface area contributed by atoms with Crippen molar-refractivity contribution in [2.75, 3.05) is 0 Å². The molecule has 162 valence electrons. The Bertz CT molecular complexity index is 1350. The van der Waals surface area contributed by atoms with Crippen molar-refractivity contribution in [1.29, 1.82) is 0 Å². The van der Waals surface area contributed by atoms with Crippen molar-refractivity contribution < 1.29 is 9.90 Å². The van der Waals surface area contributed by atoms with Gasteiger partial charge in [-0.2, -0.15) is 0 Å². The molecule has 0 atom stereocenters. The Morgan fingerprint density at radius 2 is 1.94 bits per heavy atom. The van der Waals surface area contributed by atoms with Gasteiger partial charge in [-0.1, -0.05) is 44.2 Å². The van der Waals surface area contributed by atoms with E-state index in [0.29, 0.717) is 17.3 Å². The van der Waals surface area contributed by atoms with Crippen LogP contribution in [-0.2, 0) is 17.6 Å². The number of nitrogens with zero attached hydrogens (tertiary/aromatic N) is 3. The fourth-order valence-electron chi connectivity index (χ4n) is 3.42. The van der Waals surface area contributed by atoms with E-state index in [1.54, 1.807) is 17.5 Å². The standard InChI is InChI=1S/C25H23N3O3S/c1-16(2)20-15-32-22(26-20)10-8-17-12-13-28-21(14-17)27-24(18-6-4-3-5-7-18)19(25(28)31)9-11-23(29)30/h3-7,9,11-16H,8,10H2,1-2H3,(H,29,30)/p-1/b11-9+. The van der Waals surface area contributed by atoms with Gasteiger partial charge in [0, 0.05) is 23.6 Å². The molecule has 0 aliphatic rings. The molecule has 0 unspecified atom stereocenters. The highest BCUT2D eigenvalue weighted by Gasteiger charge is 2.13. The van der Waals surface area contributed by atoms with Crippen LogP contribution in [0.3, 0.4) is 0 Å². The molecule has 3 heterocycles. The van der Waals surface area contributed by atoms with Crippen molar-refractivity contribution in [2.45, 2.75) is 32.6 Å². The van der Waals surface area contributed by atoms with Gasteiger partial charge in [0.1, 0.15) is 5.65 Å². The molecular formula is C25H22N3O3S-. The Hall–Kier alpha value is -3.58. The molecule has 0 saturated heterocycles. The average Bonchev–Trinajstić information content (AvgIpc) is 3.27. The summed E-state index contributed by atoms with van der Waals surface area (Å²) in [5.41, 5.74) is 3.72. The summed E-state index contributed by atoms with van der Waals surface area (Å²) in [6.45, 7) is 4.26. The van der Waals surface area contributed by atoms with E-state index >= 15 is 0 Å². The lowest BCUT2D eigenvalue weighted by Gasteiger charge is -2.10. The van der Waals surface area contributed by atoms with Crippen LogP contribution < -0.4 is 10.7 Å². The van der Waals surface area contributed by atoms with Gasteiger partial charge in [0.05, 0.1) is 27.9 Å². The number of carbonyl (C=O) groups excluding carboxylic acids is 1. The van der Waals surface area contributed by atoms with Gasteiger partial charge < -0.3 is 9.90 Å². The largest absolute Gasteiger partial charge is 0.545 e. The molecular weight excluding hydrogens is 422 g/mol. The van der Waals surface area contributed by atoms with E-state index in [1.165, 1.54) is 10.5 Å². The van der Waals surface area contributed by atoms with Crippen LogP contribution in [0.25, 0.3) is 23.0 Å². The van der Waals surface area contributed by atoms with Crippen LogP contribution in [0.4, 0.5) is 0 Å². The number of pyridine rings is 1. The predicted molar refractivity (Wildman–Crippen MR) is 125 cm³/mol. The fourth-order valence-corrected chi connectivity index (χ4v) is 4.38. The van der Waals surface area contributed by atoms with Gasteiger partial charge in [-0.05, 0) is 42.2 Å². The second-order valence-electron chi connectivity index (χ2n) is 7.78. The van der Waals surface area contributed by atoms with Crippen LogP contribution in [0.15, 0.2) is 64.9 Å². The zero-order valence-corrected chi connectivity index (χ0v) is 18.6. The molecule has 0 N–H and O–H groups in total. The van der Waals surface area contributed by atoms with Crippen LogP contribution in [0.1, 0.15) is 41.6 Å². The number of aliphatic carboxylic acids is 1. The first-order chi connectivity index (χ1) is 15.4. The molecule has 4 rings (SSSR count). The minimum atomic E-state index is -1.37. The Balaban J connectivity index is 1.73. The van der Waals surface area contributed by atoms with Crippen LogP contribution in [0.2, 0.25) is 0 Å². The molecule has 0 amide bonds. The van der Waals surface area contributed by atoms with Crippen molar-refractivity contribution in [3.05, 3.63) is 92.3 Å². The molecule has 0 saturated carbocycles. The first-order valence-corrected chi connectivity index (χ1v) is 11.2. The molecule has 0 aliphatic heterocycles. The van der Waals surface area contributed by atoms with Crippen LogP contribution in [0, 0.1) is 0 Å². The van der Waals surface area contributed by atoms with E-state index in [4.69, 9.17) is 4.98 Å². The van der Waals surface area contributed by atoms with Crippen LogP contribution in [-0.4, -0.2) is 20.3 Å². The normalized spacial score (nSPS) is 11.6. The summed E-state index contributed by atoms with van der Waals surface area (Å²) in [5, 5.41) is 14.1. The monoisotopic (exact) mass is 444 g/mol. The molecule has 3 aromatic heterocycles. The molecule has 0 spiro atoms. The molecule has 0 aliphatic carbocycles. The Kier molecular flexibility index (Phi) is 6.28. The van der Waals surface area contributed by atoms with E-state index in [0.717, 1.165) is 40.7 Å². The minimum absolute atomic E-state index is 0.203. The van der Waals surface area contributed by atoms with E-state index in [9.17, 15) is 14.7 Å². The number of aryl methyl sites for hydroxylation is 2. The van der Waals surface area contributed by atoms with Crippen molar-refractivity contribution in [3.63, 3.8) is 0 Å². The summed E-state index contributed by atoms with van der Waals surface area (Å²) in [5.74, 6) is -0.958. The minimum Gasteiger partial charge on any atom is -0.545 e. The quantitative estimate of drug-likeness (QED) is 0.407. The number of fused-ring (bicyclic) bond motifs is 1. The number of hydrogen-bond donors (Lipinski definition) is 0. The third kappa shape index (κ3) is 4.68. The van der Waals surface area contributed by atoms with Crippen LogP contribution in [0.5, 0.6) is 0 Å². The number of benzene rings is 1. The van der Waals surface area contributed by atoms with Gasteiger partial charge in [0.25, 0.3) is 5.56 Å². The van der Waals surface area contributed by atoms with Crippen molar-refractivity contribution >= 4 is 29.0 Å². The molecule has 0 radical (unpaired) electrons. The van der Waals surface area contributed by atoms with Gasteiger partial charge in [-0.25, -0.2) is 9.97 Å². The lowest BCUT2D eigenvalue weighted by Crippen LogP contribution is -2.21. The lowest BCUT2D eigenvalue weighted by atomic mass is 10.1. The maximum atomic E-state index is 13.1. The highest BCUT2D eigenvalue weighted by Crippen LogP contribution is 2.22. The summed E-state index contributed by atoms with van der Waals surface area (Å²) in [6.07, 6.45) is 5.39. The number of hydrogen-bond acceptors (Lipinski definition) is 6. The number of carboxylic acids is 1. The summed E-state index contributed by atoms with van der Waals surface area (Å²) < 4.78 is 1.44. The van der Waals surface area contributed by atoms with E-state index in [2.05, 4.69) is 24.2 Å². The zero-order chi connectivity index (χ0) is 22.7. The van der Waals surface area contributed by atoms with Gasteiger partial charge in [-0.15, -0.1) is 11.3 Å². The number of rotatable bonds is 7. The predicted octanol–water partition coefficient (Wildman–Crippen LogP) is 3.49. The topological polar surface area (TPSA) is 87.4 Å². The van der Waals surface area contributed by atoms with Crippen LogP contribution >= 0.6 is 11.3 Å². The molecule has 7 heteroatoms. The van der Waals surface area contributed by atoms with Gasteiger partial charge in [0.15, 0.2) is 0 Å². The highest BCUT2D eigenvalue weighted by atomic mass is 32.1. The van der Waals surface area contributed by atoms with Crippen molar-refractivity contribution in [2.24, 2.45) is 0 Å². The third-order valence-electron chi connectivity index (χ3n) is 5.15. The molecule has 4 aromatic rings. The molecule has 0 bridgehead atoms. The number of carbonyl (C=O) groups is 1. The zero-order valence-electron chi connectivity index (χ0n) is 17.8. The third-order valence-corrected chi connectivity index (χ3v) is 6.08.